The monoisotopic (exact) mass is 287 g/mol. The summed E-state index contributed by atoms with van der Waals surface area (Å²) in [5, 5.41) is 0.286. The van der Waals surface area contributed by atoms with Gasteiger partial charge in [0.1, 0.15) is 5.15 Å². The molecule has 0 saturated carbocycles. The molecule has 20 heavy (non-hydrogen) atoms. The predicted molar refractivity (Wildman–Crippen MR) is 73.7 cm³/mol. The maximum Gasteiger partial charge on any atom is 0.299 e. The number of anilines is 1. The third-order valence-corrected chi connectivity index (χ3v) is 3.32. The van der Waals surface area contributed by atoms with Crippen molar-refractivity contribution < 1.29 is 9.59 Å². The number of aryl methyl sites for hydroxylation is 1. The zero-order chi connectivity index (χ0) is 14.3. The van der Waals surface area contributed by atoms with Crippen molar-refractivity contribution in [1.29, 1.82) is 0 Å². The van der Waals surface area contributed by atoms with Crippen molar-refractivity contribution in [2.75, 3.05) is 4.90 Å². The molecule has 100 valence electrons. The van der Waals surface area contributed by atoms with Gasteiger partial charge in [0.15, 0.2) is 0 Å². The van der Waals surface area contributed by atoms with Crippen LogP contribution in [0.25, 0.3) is 0 Å². The van der Waals surface area contributed by atoms with Crippen LogP contribution in [0.3, 0.4) is 0 Å². The summed E-state index contributed by atoms with van der Waals surface area (Å²) in [5.41, 5.74) is 2.57. The first-order valence-electron chi connectivity index (χ1n) is 5.99. The summed E-state index contributed by atoms with van der Waals surface area (Å²) in [6.45, 7) is 2.08. The van der Waals surface area contributed by atoms with E-state index in [4.69, 9.17) is 11.6 Å². The fourth-order valence-corrected chi connectivity index (χ4v) is 2.25. The molecular weight excluding hydrogens is 278 g/mol. The third-order valence-electron chi connectivity index (χ3n) is 3.12. The van der Waals surface area contributed by atoms with Crippen molar-refractivity contribution in [1.82, 2.24) is 9.97 Å². The number of carbonyl (C=O) groups is 2. The molecule has 2 heterocycles. The second-order valence-electron chi connectivity index (χ2n) is 4.57. The highest BCUT2D eigenvalue weighted by atomic mass is 35.5. The number of halogens is 1. The minimum absolute atomic E-state index is 0.199. The molecule has 1 aromatic carbocycles. The van der Waals surface area contributed by atoms with Gasteiger partial charge in [-0.05, 0) is 19.1 Å². The Morgan fingerprint density at radius 2 is 2.00 bits per heavy atom. The van der Waals surface area contributed by atoms with Gasteiger partial charge in [-0.25, -0.2) is 4.98 Å². The molecule has 0 atom stereocenters. The Bertz CT molecular complexity index is 713. The van der Waals surface area contributed by atoms with Crippen LogP contribution in [0.5, 0.6) is 0 Å². The summed E-state index contributed by atoms with van der Waals surface area (Å²) in [5.74, 6) is -1.02. The number of aromatic nitrogens is 2. The number of nitrogens with zero attached hydrogens (tertiary/aromatic N) is 3. The summed E-state index contributed by atoms with van der Waals surface area (Å²) in [6, 6.07) is 5.37. The zero-order valence-corrected chi connectivity index (χ0v) is 11.4. The maximum atomic E-state index is 12.0. The lowest BCUT2D eigenvalue weighted by Crippen LogP contribution is -2.29. The standard InChI is InChI=1S/C14H10ClN3O2/c1-8-2-3-11-10(4-8)13(19)14(20)18(11)7-9-5-17-12(15)6-16-9/h2-6H,7H2,1H3. The number of ketones is 1. The van der Waals surface area contributed by atoms with Crippen LogP contribution in [0, 0.1) is 6.92 Å². The van der Waals surface area contributed by atoms with E-state index in [1.165, 1.54) is 17.3 Å². The molecule has 3 rings (SSSR count). The van der Waals surface area contributed by atoms with Gasteiger partial charge in [-0.1, -0.05) is 23.2 Å². The number of hydrogen-bond donors (Lipinski definition) is 0. The molecule has 0 aliphatic carbocycles. The highest BCUT2D eigenvalue weighted by Crippen LogP contribution is 2.30. The lowest BCUT2D eigenvalue weighted by atomic mass is 10.1. The van der Waals surface area contributed by atoms with Crippen molar-refractivity contribution in [3.63, 3.8) is 0 Å². The molecule has 0 fully saturated rings. The van der Waals surface area contributed by atoms with Crippen molar-refractivity contribution in [3.8, 4) is 0 Å². The van der Waals surface area contributed by atoms with Crippen LogP contribution in [-0.4, -0.2) is 21.7 Å². The number of hydrogen-bond acceptors (Lipinski definition) is 4. The van der Waals surface area contributed by atoms with E-state index in [9.17, 15) is 9.59 Å². The molecule has 0 N–H and O–H groups in total. The van der Waals surface area contributed by atoms with Gasteiger partial charge < -0.3 is 0 Å². The van der Waals surface area contributed by atoms with Crippen LogP contribution in [0.15, 0.2) is 30.6 Å². The Morgan fingerprint density at radius 3 is 2.70 bits per heavy atom. The number of amides is 1. The lowest BCUT2D eigenvalue weighted by Gasteiger charge is -2.15. The van der Waals surface area contributed by atoms with E-state index in [0.29, 0.717) is 16.9 Å². The largest absolute Gasteiger partial charge is 0.299 e. The number of carbonyl (C=O) groups excluding carboxylic acids is 2. The Kier molecular flexibility index (Phi) is 2.99. The molecular formula is C14H10ClN3O2. The van der Waals surface area contributed by atoms with Gasteiger partial charge in [-0.3, -0.25) is 19.5 Å². The van der Waals surface area contributed by atoms with Crippen molar-refractivity contribution >= 4 is 29.0 Å². The van der Waals surface area contributed by atoms with Gasteiger partial charge >= 0.3 is 0 Å². The van der Waals surface area contributed by atoms with Crippen molar-refractivity contribution in [3.05, 3.63) is 52.6 Å². The van der Waals surface area contributed by atoms with E-state index in [-0.39, 0.29) is 11.7 Å². The molecule has 1 aromatic heterocycles. The van der Waals surface area contributed by atoms with Crippen LogP contribution >= 0.6 is 11.6 Å². The normalized spacial score (nSPS) is 13.8. The molecule has 1 aliphatic rings. The summed E-state index contributed by atoms with van der Waals surface area (Å²) in [4.78, 5) is 33.4. The fraction of sp³-hybridized carbons (Fsp3) is 0.143. The summed E-state index contributed by atoms with van der Waals surface area (Å²) in [6.07, 6.45) is 2.90. The van der Waals surface area contributed by atoms with E-state index in [1.54, 1.807) is 12.1 Å². The SMILES string of the molecule is Cc1ccc2c(c1)C(=O)C(=O)N2Cc1cnc(Cl)cn1. The van der Waals surface area contributed by atoms with E-state index in [0.717, 1.165) is 5.56 Å². The van der Waals surface area contributed by atoms with Crippen molar-refractivity contribution in [2.24, 2.45) is 0 Å². The zero-order valence-electron chi connectivity index (χ0n) is 10.6. The average Bonchev–Trinajstić information content (AvgIpc) is 2.66. The van der Waals surface area contributed by atoms with Gasteiger partial charge in [0.2, 0.25) is 0 Å². The molecule has 0 unspecified atom stereocenters. The van der Waals surface area contributed by atoms with Gasteiger partial charge in [0, 0.05) is 0 Å². The minimum Gasteiger partial charge on any atom is -0.299 e. The minimum atomic E-state index is -0.539. The molecule has 0 saturated heterocycles. The second-order valence-corrected chi connectivity index (χ2v) is 4.96. The van der Waals surface area contributed by atoms with Gasteiger partial charge in [0.05, 0.1) is 35.9 Å². The summed E-state index contributed by atoms with van der Waals surface area (Å²) in [7, 11) is 0. The fourth-order valence-electron chi connectivity index (χ4n) is 2.15. The Morgan fingerprint density at radius 1 is 1.20 bits per heavy atom. The molecule has 0 bridgehead atoms. The average molecular weight is 288 g/mol. The second kappa shape index (κ2) is 4.68. The van der Waals surface area contributed by atoms with Gasteiger partial charge in [0.25, 0.3) is 11.7 Å². The van der Waals surface area contributed by atoms with Crippen LogP contribution in [0.4, 0.5) is 5.69 Å². The van der Waals surface area contributed by atoms with Crippen LogP contribution < -0.4 is 4.90 Å². The molecule has 2 aromatic rings. The van der Waals surface area contributed by atoms with Gasteiger partial charge in [-0.15, -0.1) is 0 Å². The Balaban J connectivity index is 1.97. The lowest BCUT2D eigenvalue weighted by molar-refractivity contribution is -0.114. The first-order valence-corrected chi connectivity index (χ1v) is 6.37. The van der Waals surface area contributed by atoms with Crippen LogP contribution in [0.2, 0.25) is 5.15 Å². The van der Waals surface area contributed by atoms with E-state index in [1.807, 2.05) is 13.0 Å². The topological polar surface area (TPSA) is 63.2 Å². The molecule has 6 heteroatoms. The molecule has 0 spiro atoms. The summed E-state index contributed by atoms with van der Waals surface area (Å²) >= 11 is 5.67. The van der Waals surface area contributed by atoms with E-state index in [2.05, 4.69) is 9.97 Å². The third kappa shape index (κ3) is 2.06. The number of fused-ring (bicyclic) bond motifs is 1. The number of Topliss-reactive ketones (excluding diaryl/α,β-unsaturated/α-hetero) is 1. The number of benzene rings is 1. The predicted octanol–water partition coefficient (Wildman–Crippen LogP) is 2.17. The Labute approximate surface area is 120 Å². The maximum absolute atomic E-state index is 12.0. The van der Waals surface area contributed by atoms with Crippen molar-refractivity contribution in [2.45, 2.75) is 13.5 Å². The van der Waals surface area contributed by atoms with Gasteiger partial charge in [-0.2, -0.15) is 0 Å². The van der Waals surface area contributed by atoms with E-state index >= 15 is 0 Å². The molecule has 0 radical (unpaired) electrons. The first kappa shape index (κ1) is 12.7. The molecule has 1 aliphatic heterocycles. The molecule has 5 nitrogen and oxygen atoms in total. The smallest absolute Gasteiger partial charge is 0.299 e. The van der Waals surface area contributed by atoms with Crippen LogP contribution in [0.1, 0.15) is 21.6 Å². The van der Waals surface area contributed by atoms with E-state index < -0.39 is 11.7 Å². The number of rotatable bonds is 2. The van der Waals surface area contributed by atoms with Crippen LogP contribution in [-0.2, 0) is 11.3 Å². The highest BCUT2D eigenvalue weighted by Gasteiger charge is 2.35. The quantitative estimate of drug-likeness (QED) is 0.794. The molecule has 1 amide bonds. The summed E-state index contributed by atoms with van der Waals surface area (Å²) < 4.78 is 0. The highest BCUT2D eigenvalue weighted by molar-refractivity contribution is 6.52. The Hall–Kier alpha value is -2.27. The first-order chi connectivity index (χ1) is 9.56.